The van der Waals surface area contributed by atoms with Crippen molar-refractivity contribution in [3.8, 4) is 0 Å². The van der Waals surface area contributed by atoms with Crippen LogP contribution in [0.3, 0.4) is 0 Å². The highest BCUT2D eigenvalue weighted by atomic mass is 32.2. The van der Waals surface area contributed by atoms with Gasteiger partial charge in [0.25, 0.3) is 0 Å². The predicted octanol–water partition coefficient (Wildman–Crippen LogP) is 4.56. The maximum Gasteiger partial charge on any atom is 0.243 e. The van der Waals surface area contributed by atoms with Crippen LogP contribution >= 0.6 is 11.3 Å². The van der Waals surface area contributed by atoms with Crippen LogP contribution in [0.15, 0.2) is 46.7 Å². The van der Waals surface area contributed by atoms with Gasteiger partial charge in [0.1, 0.15) is 11.6 Å². The zero-order chi connectivity index (χ0) is 20.6. The summed E-state index contributed by atoms with van der Waals surface area (Å²) < 4.78 is 41.7. The molecule has 1 fully saturated rings. The fourth-order valence-corrected chi connectivity index (χ4v) is 5.80. The van der Waals surface area contributed by atoms with Crippen molar-refractivity contribution >= 4 is 32.3 Å². The molecule has 152 valence electrons. The Balaban J connectivity index is 1.62. The number of nitrogens with zero attached hydrogens (tertiary/aromatic N) is 3. The molecule has 0 unspecified atom stereocenters. The van der Waals surface area contributed by atoms with E-state index in [4.69, 9.17) is 0 Å². The Morgan fingerprint density at radius 2 is 2.03 bits per heavy atom. The maximum absolute atomic E-state index is 14.0. The first-order valence-corrected chi connectivity index (χ1v) is 11.6. The van der Waals surface area contributed by atoms with Gasteiger partial charge in [-0.25, -0.2) is 22.8 Å². The van der Waals surface area contributed by atoms with Gasteiger partial charge in [0.2, 0.25) is 10.0 Å². The number of thiazole rings is 1. The van der Waals surface area contributed by atoms with Crippen molar-refractivity contribution in [2.75, 3.05) is 11.9 Å². The van der Waals surface area contributed by atoms with Gasteiger partial charge in [-0.05, 0) is 56.5 Å². The molecule has 0 bridgehead atoms. The summed E-state index contributed by atoms with van der Waals surface area (Å²) in [5.41, 5.74) is 2.00. The van der Waals surface area contributed by atoms with E-state index in [1.54, 1.807) is 6.92 Å². The second-order valence-corrected chi connectivity index (χ2v) is 9.80. The third-order valence-electron chi connectivity index (χ3n) is 4.92. The van der Waals surface area contributed by atoms with Crippen molar-refractivity contribution in [3.05, 3.63) is 64.5 Å². The fourth-order valence-electron chi connectivity index (χ4n) is 3.42. The van der Waals surface area contributed by atoms with Gasteiger partial charge in [0.05, 0.1) is 22.3 Å². The highest BCUT2D eigenvalue weighted by Gasteiger charge is 2.37. The SMILES string of the molecule is Cc1csc(Nc2cccc([C@H]3CCCN3S(=O)(=O)c3ccc(C)c(F)c3)n2)n1. The highest BCUT2D eigenvalue weighted by molar-refractivity contribution is 7.89. The van der Waals surface area contributed by atoms with Gasteiger partial charge in [-0.3, -0.25) is 0 Å². The van der Waals surface area contributed by atoms with E-state index in [2.05, 4.69) is 15.3 Å². The van der Waals surface area contributed by atoms with Crippen molar-refractivity contribution in [2.24, 2.45) is 0 Å². The van der Waals surface area contributed by atoms with Crippen molar-refractivity contribution in [3.63, 3.8) is 0 Å². The number of hydrogen-bond acceptors (Lipinski definition) is 6. The number of halogens is 1. The number of aromatic nitrogens is 2. The second kappa shape index (κ2) is 7.81. The van der Waals surface area contributed by atoms with E-state index in [0.29, 0.717) is 30.0 Å². The number of anilines is 2. The van der Waals surface area contributed by atoms with Gasteiger partial charge in [0, 0.05) is 11.9 Å². The van der Waals surface area contributed by atoms with Gasteiger partial charge in [-0.15, -0.1) is 11.3 Å². The first-order chi connectivity index (χ1) is 13.8. The molecule has 3 aromatic rings. The summed E-state index contributed by atoms with van der Waals surface area (Å²) in [6, 6.07) is 9.15. The molecule has 0 amide bonds. The smallest absolute Gasteiger partial charge is 0.243 e. The van der Waals surface area contributed by atoms with Gasteiger partial charge < -0.3 is 5.32 Å². The summed E-state index contributed by atoms with van der Waals surface area (Å²) in [5, 5.41) is 5.84. The molecule has 3 heterocycles. The first-order valence-electron chi connectivity index (χ1n) is 9.29. The number of rotatable bonds is 5. The Hall–Kier alpha value is -2.36. The van der Waals surface area contributed by atoms with Gasteiger partial charge in [-0.1, -0.05) is 12.1 Å². The van der Waals surface area contributed by atoms with Crippen LogP contribution in [0.1, 0.15) is 35.8 Å². The number of aryl methyl sites for hydroxylation is 2. The largest absolute Gasteiger partial charge is 0.316 e. The lowest BCUT2D eigenvalue weighted by atomic mass is 10.1. The summed E-state index contributed by atoms with van der Waals surface area (Å²) in [6.45, 7) is 3.91. The summed E-state index contributed by atoms with van der Waals surface area (Å²) in [5.74, 6) is 0.0902. The molecule has 1 aliphatic rings. The molecule has 2 aromatic heterocycles. The Morgan fingerprint density at radius 3 is 2.76 bits per heavy atom. The lowest BCUT2D eigenvalue weighted by Gasteiger charge is -2.24. The van der Waals surface area contributed by atoms with E-state index in [0.717, 1.165) is 23.3 Å². The molecule has 1 atom stereocenters. The van der Waals surface area contributed by atoms with E-state index in [1.807, 2.05) is 30.5 Å². The molecule has 1 N–H and O–H groups in total. The van der Waals surface area contributed by atoms with E-state index >= 15 is 0 Å². The molecule has 1 aliphatic heterocycles. The number of pyridine rings is 1. The standard InChI is InChI=1S/C20H21FN4O2S2/c1-13-8-9-15(11-16(13)21)29(26,27)25-10-4-6-18(25)17-5-3-7-19(23-17)24-20-22-14(2)12-28-20/h3,5,7-9,11-12,18H,4,6,10H2,1-2H3,(H,22,23,24)/t18-/m1/s1. The van der Waals surface area contributed by atoms with Crippen molar-refractivity contribution in [1.29, 1.82) is 0 Å². The monoisotopic (exact) mass is 432 g/mol. The first kappa shape index (κ1) is 19.9. The molecule has 1 aromatic carbocycles. The zero-order valence-electron chi connectivity index (χ0n) is 16.1. The Labute approximate surface area is 173 Å². The third kappa shape index (κ3) is 4.03. The summed E-state index contributed by atoms with van der Waals surface area (Å²) in [7, 11) is -3.82. The van der Waals surface area contributed by atoms with Gasteiger partial charge in [-0.2, -0.15) is 4.31 Å². The van der Waals surface area contributed by atoms with Crippen LogP contribution in [-0.2, 0) is 10.0 Å². The number of sulfonamides is 1. The minimum absolute atomic E-state index is 0.0277. The van der Waals surface area contributed by atoms with Crippen LogP contribution in [0.2, 0.25) is 0 Å². The Morgan fingerprint density at radius 1 is 1.21 bits per heavy atom. The predicted molar refractivity (Wildman–Crippen MR) is 111 cm³/mol. The highest BCUT2D eigenvalue weighted by Crippen LogP contribution is 2.36. The molecule has 6 nitrogen and oxygen atoms in total. The molecule has 0 saturated carbocycles. The van der Waals surface area contributed by atoms with Crippen LogP contribution in [0.5, 0.6) is 0 Å². The zero-order valence-corrected chi connectivity index (χ0v) is 17.7. The Kier molecular flexibility index (Phi) is 5.37. The van der Waals surface area contributed by atoms with Crippen molar-refractivity contribution in [2.45, 2.75) is 37.6 Å². The van der Waals surface area contributed by atoms with E-state index in [1.165, 1.54) is 27.8 Å². The minimum atomic E-state index is -3.82. The molecule has 0 radical (unpaired) electrons. The van der Waals surface area contributed by atoms with E-state index < -0.39 is 15.8 Å². The Bertz CT molecular complexity index is 1150. The van der Waals surface area contributed by atoms with Crippen LogP contribution in [0.4, 0.5) is 15.3 Å². The molecule has 0 aliphatic carbocycles. The molecule has 9 heteroatoms. The average Bonchev–Trinajstić information content (AvgIpc) is 3.33. The van der Waals surface area contributed by atoms with Crippen molar-refractivity contribution in [1.82, 2.24) is 14.3 Å². The second-order valence-electron chi connectivity index (χ2n) is 7.05. The van der Waals surface area contributed by atoms with Crippen LogP contribution < -0.4 is 5.32 Å². The fraction of sp³-hybridized carbons (Fsp3) is 0.300. The van der Waals surface area contributed by atoms with Crippen LogP contribution in [0, 0.1) is 19.7 Å². The van der Waals surface area contributed by atoms with Crippen molar-refractivity contribution < 1.29 is 12.8 Å². The minimum Gasteiger partial charge on any atom is -0.316 e. The van der Waals surface area contributed by atoms with Gasteiger partial charge in [0.15, 0.2) is 5.13 Å². The van der Waals surface area contributed by atoms with Crippen LogP contribution in [-0.4, -0.2) is 29.2 Å². The molecule has 0 spiro atoms. The average molecular weight is 433 g/mol. The number of nitrogens with one attached hydrogen (secondary N) is 1. The van der Waals surface area contributed by atoms with Gasteiger partial charge >= 0.3 is 0 Å². The third-order valence-corrected chi connectivity index (χ3v) is 7.70. The molecule has 29 heavy (non-hydrogen) atoms. The number of hydrogen-bond donors (Lipinski definition) is 1. The summed E-state index contributed by atoms with van der Waals surface area (Å²) in [4.78, 5) is 8.96. The number of benzene rings is 1. The maximum atomic E-state index is 14.0. The topological polar surface area (TPSA) is 75.2 Å². The normalized spacial score (nSPS) is 17.6. The summed E-state index contributed by atoms with van der Waals surface area (Å²) in [6.07, 6.45) is 1.39. The molecule has 4 rings (SSSR count). The van der Waals surface area contributed by atoms with E-state index in [-0.39, 0.29) is 10.9 Å². The van der Waals surface area contributed by atoms with Crippen LogP contribution in [0.25, 0.3) is 0 Å². The lowest BCUT2D eigenvalue weighted by Crippen LogP contribution is -2.31. The molecule has 1 saturated heterocycles. The lowest BCUT2D eigenvalue weighted by molar-refractivity contribution is 0.390. The molecular weight excluding hydrogens is 411 g/mol. The molecular formula is C20H21FN4O2S2. The quantitative estimate of drug-likeness (QED) is 0.640. The summed E-state index contributed by atoms with van der Waals surface area (Å²) >= 11 is 1.48. The van der Waals surface area contributed by atoms with E-state index in [9.17, 15) is 12.8 Å².